The first-order valence-electron chi connectivity index (χ1n) is 10.3. The molecule has 34 heavy (non-hydrogen) atoms. The Labute approximate surface area is 199 Å². The summed E-state index contributed by atoms with van der Waals surface area (Å²) in [5.41, 5.74) is 2.21. The molecule has 0 bridgehead atoms. The Hall–Kier alpha value is -4.03. The number of carbonyl (C=O) groups excluding carboxylic acids is 2. The van der Waals surface area contributed by atoms with Gasteiger partial charge in [-0.05, 0) is 73.2 Å². The van der Waals surface area contributed by atoms with Gasteiger partial charge in [0.05, 0.1) is 11.1 Å². The zero-order valence-corrected chi connectivity index (χ0v) is 18.7. The highest BCUT2D eigenvalue weighted by Gasteiger charge is 2.19. The molecule has 1 N–H and O–H groups in total. The minimum Gasteiger partial charge on any atom is -0.422 e. The number of rotatable bonds is 5. The summed E-state index contributed by atoms with van der Waals surface area (Å²) in [6, 6.07) is 20.7. The molecule has 170 valence electrons. The number of benzene rings is 4. The number of ether oxygens (including phenoxy) is 1. The van der Waals surface area contributed by atoms with Gasteiger partial charge >= 0.3 is 5.97 Å². The number of anilines is 1. The lowest BCUT2D eigenvalue weighted by atomic mass is 10.0. The van der Waals surface area contributed by atoms with E-state index in [-0.39, 0.29) is 22.4 Å². The molecule has 1 amide bonds. The van der Waals surface area contributed by atoms with Gasteiger partial charge in [-0.3, -0.25) is 4.79 Å². The van der Waals surface area contributed by atoms with Crippen molar-refractivity contribution in [1.82, 2.24) is 0 Å². The van der Waals surface area contributed by atoms with Crippen LogP contribution in [-0.2, 0) is 0 Å². The summed E-state index contributed by atoms with van der Waals surface area (Å²) in [7, 11) is 0. The van der Waals surface area contributed by atoms with Crippen molar-refractivity contribution in [2.24, 2.45) is 0 Å². The molecule has 0 radical (unpaired) electrons. The van der Waals surface area contributed by atoms with Gasteiger partial charge in [-0.15, -0.1) is 0 Å². The maximum Gasteiger partial charge on any atom is 0.343 e. The summed E-state index contributed by atoms with van der Waals surface area (Å²) in [6.07, 6.45) is 0. The maximum atomic E-state index is 14.4. The van der Waals surface area contributed by atoms with Crippen molar-refractivity contribution in [2.75, 3.05) is 5.32 Å². The number of hydrogen-bond donors (Lipinski definition) is 1. The normalized spacial score (nSPS) is 10.6. The van der Waals surface area contributed by atoms with Crippen LogP contribution in [0.5, 0.6) is 5.75 Å². The van der Waals surface area contributed by atoms with Gasteiger partial charge in [0, 0.05) is 22.3 Å². The third kappa shape index (κ3) is 5.30. The molecular weight excluding hydrogens is 460 g/mol. The molecule has 0 fully saturated rings. The van der Waals surface area contributed by atoms with Gasteiger partial charge in [0.2, 0.25) is 0 Å². The molecule has 0 spiro atoms. The summed E-state index contributed by atoms with van der Waals surface area (Å²) in [4.78, 5) is 25.8. The van der Waals surface area contributed by atoms with E-state index in [1.54, 1.807) is 24.3 Å². The zero-order chi connectivity index (χ0) is 24.2. The third-order valence-electron chi connectivity index (χ3n) is 5.06. The molecule has 0 aliphatic heterocycles. The van der Waals surface area contributed by atoms with E-state index < -0.39 is 23.5 Å². The van der Waals surface area contributed by atoms with Crippen molar-refractivity contribution in [3.8, 4) is 16.9 Å². The lowest BCUT2D eigenvalue weighted by molar-refractivity contribution is 0.0733. The third-order valence-corrected chi connectivity index (χ3v) is 5.31. The molecule has 0 aliphatic rings. The number of aryl methyl sites for hydroxylation is 1. The highest BCUT2D eigenvalue weighted by molar-refractivity contribution is 6.30. The largest absolute Gasteiger partial charge is 0.422 e. The van der Waals surface area contributed by atoms with Gasteiger partial charge in [-0.2, -0.15) is 0 Å². The van der Waals surface area contributed by atoms with Gasteiger partial charge in [0.15, 0.2) is 0 Å². The number of carbonyl (C=O) groups is 2. The molecule has 4 aromatic carbocycles. The van der Waals surface area contributed by atoms with Crippen LogP contribution in [0.2, 0.25) is 5.02 Å². The lowest BCUT2D eigenvalue weighted by Gasteiger charge is -2.13. The summed E-state index contributed by atoms with van der Waals surface area (Å²) in [6.45, 7) is 1.92. The zero-order valence-electron chi connectivity index (χ0n) is 17.9. The van der Waals surface area contributed by atoms with E-state index in [4.69, 9.17) is 16.3 Å². The van der Waals surface area contributed by atoms with Crippen molar-refractivity contribution in [2.45, 2.75) is 6.92 Å². The molecule has 4 aromatic rings. The summed E-state index contributed by atoms with van der Waals surface area (Å²) >= 11 is 5.87. The molecule has 0 aliphatic carbocycles. The van der Waals surface area contributed by atoms with Crippen LogP contribution < -0.4 is 10.1 Å². The minimum atomic E-state index is -0.782. The highest BCUT2D eigenvalue weighted by Crippen LogP contribution is 2.30. The van der Waals surface area contributed by atoms with Crippen LogP contribution in [0.1, 0.15) is 26.3 Å². The van der Waals surface area contributed by atoms with Crippen LogP contribution in [0.3, 0.4) is 0 Å². The molecule has 0 aromatic heterocycles. The first-order valence-corrected chi connectivity index (χ1v) is 10.6. The topological polar surface area (TPSA) is 55.4 Å². The molecule has 0 saturated heterocycles. The van der Waals surface area contributed by atoms with Crippen molar-refractivity contribution in [3.63, 3.8) is 0 Å². The van der Waals surface area contributed by atoms with Crippen molar-refractivity contribution in [3.05, 3.63) is 118 Å². The Morgan fingerprint density at radius 1 is 0.853 bits per heavy atom. The fourth-order valence-electron chi connectivity index (χ4n) is 3.27. The molecule has 0 heterocycles. The van der Waals surface area contributed by atoms with Crippen molar-refractivity contribution < 1.29 is 23.1 Å². The fraction of sp³-hybridized carbons (Fsp3) is 0.0370. The average molecular weight is 478 g/mol. The van der Waals surface area contributed by atoms with E-state index in [2.05, 4.69) is 5.32 Å². The Balaban J connectivity index is 1.71. The minimum absolute atomic E-state index is 0.00381. The second-order valence-corrected chi connectivity index (χ2v) is 7.99. The Kier molecular flexibility index (Phi) is 6.70. The summed E-state index contributed by atoms with van der Waals surface area (Å²) in [5, 5.41) is 3.21. The number of hydrogen-bond acceptors (Lipinski definition) is 3. The summed E-state index contributed by atoms with van der Waals surface area (Å²) < 4.78 is 33.2. The Morgan fingerprint density at radius 2 is 1.56 bits per heavy atom. The Morgan fingerprint density at radius 3 is 2.24 bits per heavy atom. The first kappa shape index (κ1) is 23.1. The van der Waals surface area contributed by atoms with Gasteiger partial charge < -0.3 is 10.1 Å². The smallest absolute Gasteiger partial charge is 0.343 e. The number of esters is 1. The number of amides is 1. The first-order chi connectivity index (χ1) is 16.3. The van der Waals surface area contributed by atoms with Crippen LogP contribution in [0, 0.1) is 18.6 Å². The second-order valence-electron chi connectivity index (χ2n) is 7.55. The predicted molar refractivity (Wildman–Crippen MR) is 127 cm³/mol. The van der Waals surface area contributed by atoms with Crippen LogP contribution in [0.15, 0.2) is 84.9 Å². The fourth-order valence-corrected chi connectivity index (χ4v) is 3.39. The number of nitrogens with one attached hydrogen (secondary N) is 1. The molecule has 7 heteroatoms. The van der Waals surface area contributed by atoms with E-state index in [0.29, 0.717) is 16.3 Å². The highest BCUT2D eigenvalue weighted by atomic mass is 35.5. The van der Waals surface area contributed by atoms with Crippen LogP contribution in [0.4, 0.5) is 14.5 Å². The van der Waals surface area contributed by atoms with Gasteiger partial charge in [0.25, 0.3) is 5.91 Å². The van der Waals surface area contributed by atoms with E-state index >= 15 is 0 Å². The molecule has 0 saturated carbocycles. The molecule has 4 rings (SSSR count). The van der Waals surface area contributed by atoms with Gasteiger partial charge in [-0.1, -0.05) is 35.4 Å². The van der Waals surface area contributed by atoms with Gasteiger partial charge in [0.1, 0.15) is 17.4 Å². The molecule has 0 atom stereocenters. The van der Waals surface area contributed by atoms with E-state index in [9.17, 15) is 18.4 Å². The summed E-state index contributed by atoms with van der Waals surface area (Å²) in [5.74, 6) is -2.77. The van der Waals surface area contributed by atoms with Crippen molar-refractivity contribution in [1.29, 1.82) is 0 Å². The lowest BCUT2D eigenvalue weighted by Crippen LogP contribution is -2.16. The Bertz CT molecular complexity index is 1370. The predicted octanol–water partition coefficient (Wildman–Crippen LogP) is 7.07. The number of halogens is 3. The molecule has 0 unspecified atom stereocenters. The van der Waals surface area contributed by atoms with Gasteiger partial charge in [-0.25, -0.2) is 13.6 Å². The van der Waals surface area contributed by atoms with Crippen LogP contribution >= 0.6 is 11.6 Å². The van der Waals surface area contributed by atoms with Crippen LogP contribution in [0.25, 0.3) is 11.1 Å². The molecular formula is C27H18ClF2NO3. The second kappa shape index (κ2) is 9.85. The van der Waals surface area contributed by atoms with E-state index in [1.165, 1.54) is 36.4 Å². The van der Waals surface area contributed by atoms with Crippen molar-refractivity contribution >= 4 is 29.2 Å². The SMILES string of the molecule is Cc1ccc(NC(=O)c2cc(-c3ccc(F)cc3F)ccc2OC(=O)c2ccc(Cl)cc2)cc1. The maximum absolute atomic E-state index is 14.4. The van der Waals surface area contributed by atoms with Crippen LogP contribution in [-0.4, -0.2) is 11.9 Å². The standard InChI is InChI=1S/C27H18ClF2NO3/c1-16-2-10-21(11-3-16)31-26(32)23-14-18(22-12-9-20(29)15-24(22)30)6-13-25(23)34-27(33)17-4-7-19(28)8-5-17/h2-15H,1H3,(H,31,32). The quantitative estimate of drug-likeness (QED) is 0.247. The molecule has 4 nitrogen and oxygen atoms in total. The van der Waals surface area contributed by atoms with E-state index in [1.807, 2.05) is 19.1 Å². The average Bonchev–Trinajstić information content (AvgIpc) is 2.81. The van der Waals surface area contributed by atoms with E-state index in [0.717, 1.165) is 17.7 Å². The monoisotopic (exact) mass is 477 g/mol.